The van der Waals surface area contributed by atoms with Gasteiger partial charge < -0.3 is 15.8 Å². The van der Waals surface area contributed by atoms with Gasteiger partial charge in [-0.15, -0.1) is 11.3 Å². The molecule has 0 spiro atoms. The largest absolute Gasteiger partial charge is 0.492 e. The zero-order valence-electron chi connectivity index (χ0n) is 9.84. The maximum atomic E-state index is 11.2. The number of hydrogen-bond acceptors (Lipinski definition) is 5. The fourth-order valence-electron chi connectivity index (χ4n) is 1.46. The van der Waals surface area contributed by atoms with E-state index in [1.54, 1.807) is 24.4 Å². The Morgan fingerprint density at radius 1 is 1.56 bits per heavy atom. The van der Waals surface area contributed by atoms with Crippen LogP contribution in [0.25, 0.3) is 0 Å². The van der Waals surface area contributed by atoms with Gasteiger partial charge in [-0.25, -0.2) is 4.98 Å². The van der Waals surface area contributed by atoms with Crippen molar-refractivity contribution in [1.82, 2.24) is 4.98 Å². The summed E-state index contributed by atoms with van der Waals surface area (Å²) in [6.07, 6.45) is 1.70. The number of carbonyl (C=O) groups excluding carboxylic acids is 1. The van der Waals surface area contributed by atoms with Gasteiger partial charge in [-0.3, -0.25) is 4.79 Å². The highest BCUT2D eigenvalue weighted by molar-refractivity contribution is 7.13. The van der Waals surface area contributed by atoms with E-state index >= 15 is 0 Å². The number of primary amides is 1. The predicted octanol–water partition coefficient (Wildman–Crippen LogP) is 2.38. The van der Waals surface area contributed by atoms with E-state index < -0.39 is 5.91 Å². The van der Waals surface area contributed by atoms with Crippen molar-refractivity contribution >= 4 is 28.1 Å². The molecule has 1 amide bonds. The van der Waals surface area contributed by atoms with Gasteiger partial charge >= 0.3 is 0 Å². The Balaban J connectivity index is 2.34. The number of aromatic nitrogens is 1. The number of anilines is 2. The average Bonchev–Trinajstić information content (AvgIpc) is 2.84. The van der Waals surface area contributed by atoms with Gasteiger partial charge in [0.15, 0.2) is 5.13 Å². The molecule has 0 saturated heterocycles. The van der Waals surface area contributed by atoms with Gasteiger partial charge in [-0.1, -0.05) is 0 Å². The van der Waals surface area contributed by atoms with Crippen molar-refractivity contribution in [1.29, 1.82) is 0 Å². The van der Waals surface area contributed by atoms with Crippen LogP contribution >= 0.6 is 11.3 Å². The van der Waals surface area contributed by atoms with Crippen molar-refractivity contribution in [2.45, 2.75) is 6.92 Å². The van der Waals surface area contributed by atoms with E-state index in [2.05, 4.69) is 10.3 Å². The lowest BCUT2D eigenvalue weighted by Crippen LogP contribution is -2.11. The fourth-order valence-corrected chi connectivity index (χ4v) is 2.00. The highest BCUT2D eigenvalue weighted by Crippen LogP contribution is 2.29. The van der Waals surface area contributed by atoms with E-state index in [4.69, 9.17) is 10.5 Å². The lowest BCUT2D eigenvalue weighted by atomic mass is 10.2. The van der Waals surface area contributed by atoms with Crippen molar-refractivity contribution in [3.05, 3.63) is 35.3 Å². The van der Waals surface area contributed by atoms with Crippen molar-refractivity contribution in [3.8, 4) is 5.75 Å². The van der Waals surface area contributed by atoms with Gasteiger partial charge in [0, 0.05) is 17.1 Å². The normalized spacial score (nSPS) is 10.1. The minimum Gasteiger partial charge on any atom is -0.492 e. The zero-order chi connectivity index (χ0) is 13.0. The third-order valence-electron chi connectivity index (χ3n) is 2.24. The molecule has 94 valence electrons. The van der Waals surface area contributed by atoms with Crippen LogP contribution in [0.3, 0.4) is 0 Å². The SMILES string of the molecule is CCOc1ccc(C(N)=O)cc1Nc1nccs1. The number of nitrogens with zero attached hydrogens (tertiary/aromatic N) is 1. The molecule has 0 radical (unpaired) electrons. The molecule has 1 heterocycles. The number of hydrogen-bond donors (Lipinski definition) is 2. The topological polar surface area (TPSA) is 77.2 Å². The number of carbonyl (C=O) groups is 1. The molecule has 2 aromatic rings. The van der Waals surface area contributed by atoms with E-state index in [1.807, 2.05) is 12.3 Å². The van der Waals surface area contributed by atoms with E-state index in [0.29, 0.717) is 23.6 Å². The summed E-state index contributed by atoms with van der Waals surface area (Å²) in [6, 6.07) is 5.02. The van der Waals surface area contributed by atoms with Gasteiger partial charge in [0.1, 0.15) is 5.75 Å². The third-order valence-corrected chi connectivity index (χ3v) is 2.93. The second-order valence-electron chi connectivity index (χ2n) is 3.47. The van der Waals surface area contributed by atoms with Gasteiger partial charge in [-0.2, -0.15) is 0 Å². The highest BCUT2D eigenvalue weighted by Gasteiger charge is 2.09. The minimum absolute atomic E-state index is 0.428. The Morgan fingerprint density at radius 3 is 3.00 bits per heavy atom. The maximum absolute atomic E-state index is 11.2. The maximum Gasteiger partial charge on any atom is 0.248 e. The summed E-state index contributed by atoms with van der Waals surface area (Å²) in [5.41, 5.74) is 6.37. The van der Waals surface area contributed by atoms with E-state index in [-0.39, 0.29) is 0 Å². The Hall–Kier alpha value is -2.08. The van der Waals surface area contributed by atoms with Crippen molar-refractivity contribution in [3.63, 3.8) is 0 Å². The second-order valence-corrected chi connectivity index (χ2v) is 4.37. The second kappa shape index (κ2) is 5.50. The number of nitrogens with two attached hydrogens (primary N) is 1. The highest BCUT2D eigenvalue weighted by atomic mass is 32.1. The number of rotatable bonds is 5. The molecule has 3 N–H and O–H groups in total. The van der Waals surface area contributed by atoms with Crippen LogP contribution in [0.5, 0.6) is 5.75 Å². The van der Waals surface area contributed by atoms with Crippen LogP contribution in [0.2, 0.25) is 0 Å². The Labute approximate surface area is 109 Å². The lowest BCUT2D eigenvalue weighted by molar-refractivity contribution is 0.100. The lowest BCUT2D eigenvalue weighted by Gasteiger charge is -2.11. The summed E-state index contributed by atoms with van der Waals surface area (Å²) < 4.78 is 5.48. The molecule has 1 aromatic heterocycles. The fraction of sp³-hybridized carbons (Fsp3) is 0.167. The van der Waals surface area contributed by atoms with Crippen LogP contribution in [0.4, 0.5) is 10.8 Å². The smallest absolute Gasteiger partial charge is 0.248 e. The minimum atomic E-state index is -0.472. The Morgan fingerprint density at radius 2 is 2.39 bits per heavy atom. The van der Waals surface area contributed by atoms with Crippen molar-refractivity contribution in [2.24, 2.45) is 5.73 Å². The number of amides is 1. The van der Waals surface area contributed by atoms with Crippen molar-refractivity contribution < 1.29 is 9.53 Å². The summed E-state index contributed by atoms with van der Waals surface area (Å²) >= 11 is 1.46. The van der Waals surface area contributed by atoms with E-state index in [0.717, 1.165) is 5.13 Å². The quantitative estimate of drug-likeness (QED) is 0.868. The Kier molecular flexibility index (Phi) is 3.78. The summed E-state index contributed by atoms with van der Waals surface area (Å²) in [4.78, 5) is 15.3. The zero-order valence-corrected chi connectivity index (χ0v) is 10.7. The molecular formula is C12H13N3O2S. The number of ether oxygens (including phenoxy) is 1. The van der Waals surface area contributed by atoms with Gasteiger partial charge in [0.25, 0.3) is 0 Å². The first-order valence-corrected chi connectivity index (χ1v) is 6.32. The van der Waals surface area contributed by atoms with Crippen LogP contribution in [0.1, 0.15) is 17.3 Å². The Bertz CT molecular complexity index is 540. The standard InChI is InChI=1S/C12H13N3O2S/c1-2-17-10-4-3-8(11(13)16)7-9(10)15-12-14-5-6-18-12/h3-7H,2H2,1H3,(H2,13,16)(H,14,15). The number of thiazole rings is 1. The van der Waals surface area contributed by atoms with E-state index in [1.165, 1.54) is 11.3 Å². The van der Waals surface area contributed by atoms with Crippen LogP contribution in [0.15, 0.2) is 29.8 Å². The number of nitrogens with one attached hydrogen (secondary N) is 1. The molecule has 0 aliphatic carbocycles. The van der Waals surface area contributed by atoms with Crippen LogP contribution < -0.4 is 15.8 Å². The molecular weight excluding hydrogens is 250 g/mol. The first-order chi connectivity index (χ1) is 8.70. The average molecular weight is 263 g/mol. The molecule has 0 saturated carbocycles. The monoisotopic (exact) mass is 263 g/mol. The summed E-state index contributed by atoms with van der Waals surface area (Å²) in [5, 5.41) is 5.70. The summed E-state index contributed by atoms with van der Waals surface area (Å²) in [6.45, 7) is 2.44. The van der Waals surface area contributed by atoms with Gasteiger partial charge in [0.2, 0.25) is 5.91 Å². The molecule has 6 heteroatoms. The van der Waals surface area contributed by atoms with Crippen LogP contribution in [0, 0.1) is 0 Å². The predicted molar refractivity (Wildman–Crippen MR) is 71.5 cm³/mol. The van der Waals surface area contributed by atoms with Crippen LogP contribution in [-0.2, 0) is 0 Å². The number of benzene rings is 1. The summed E-state index contributed by atoms with van der Waals surface area (Å²) in [7, 11) is 0. The van der Waals surface area contributed by atoms with Gasteiger partial charge in [0.05, 0.1) is 12.3 Å². The molecule has 0 atom stereocenters. The van der Waals surface area contributed by atoms with Crippen molar-refractivity contribution in [2.75, 3.05) is 11.9 Å². The molecule has 0 bridgehead atoms. The molecule has 1 aromatic carbocycles. The first kappa shape index (κ1) is 12.4. The molecule has 0 aliphatic rings. The molecule has 18 heavy (non-hydrogen) atoms. The molecule has 5 nitrogen and oxygen atoms in total. The van der Waals surface area contributed by atoms with Gasteiger partial charge in [-0.05, 0) is 25.1 Å². The molecule has 0 unspecified atom stereocenters. The first-order valence-electron chi connectivity index (χ1n) is 5.44. The molecule has 2 rings (SSSR count). The summed E-state index contributed by atoms with van der Waals surface area (Å²) in [5.74, 6) is 0.193. The van der Waals surface area contributed by atoms with Crippen LogP contribution in [-0.4, -0.2) is 17.5 Å². The molecule has 0 fully saturated rings. The third kappa shape index (κ3) is 2.78. The van der Waals surface area contributed by atoms with E-state index in [9.17, 15) is 4.79 Å². The molecule has 0 aliphatic heterocycles.